The summed E-state index contributed by atoms with van der Waals surface area (Å²) in [5.41, 5.74) is 0.974. The van der Waals surface area contributed by atoms with Crippen LogP contribution in [0.1, 0.15) is 18.9 Å². The monoisotopic (exact) mass is 258 g/mol. The summed E-state index contributed by atoms with van der Waals surface area (Å²) >= 11 is 9.93. The lowest BCUT2D eigenvalue weighted by Gasteiger charge is -1.87. The lowest BCUT2D eigenvalue weighted by Crippen LogP contribution is -1.75. The topological polar surface area (TPSA) is 34.1 Å². The summed E-state index contributed by atoms with van der Waals surface area (Å²) in [4.78, 5) is 19.9. The zero-order chi connectivity index (χ0) is 12.4. The first kappa shape index (κ1) is 14.9. The van der Waals surface area contributed by atoms with E-state index < -0.39 is 5.24 Å². The van der Waals surface area contributed by atoms with Gasteiger partial charge >= 0.3 is 0 Å². The molecular formula is C12H12Cl2O2. The van der Waals surface area contributed by atoms with Gasteiger partial charge in [-0.1, -0.05) is 43.3 Å². The minimum Gasteiger partial charge on any atom is -0.281 e. The number of halogens is 2. The Morgan fingerprint density at radius 2 is 1.69 bits per heavy atom. The summed E-state index contributed by atoms with van der Waals surface area (Å²) in [6.45, 7) is 1.72. The van der Waals surface area contributed by atoms with Crippen LogP contribution in [-0.4, -0.2) is 10.5 Å². The molecule has 0 atom stereocenters. The Morgan fingerprint density at radius 1 is 1.19 bits per heavy atom. The third-order valence-corrected chi connectivity index (χ3v) is 1.88. The van der Waals surface area contributed by atoms with Gasteiger partial charge < -0.3 is 0 Å². The van der Waals surface area contributed by atoms with E-state index in [0.29, 0.717) is 6.42 Å². The van der Waals surface area contributed by atoms with Gasteiger partial charge in [0, 0.05) is 6.42 Å². The van der Waals surface area contributed by atoms with Crippen LogP contribution in [0.4, 0.5) is 0 Å². The highest BCUT2D eigenvalue weighted by Crippen LogP contribution is 2.01. The van der Waals surface area contributed by atoms with Gasteiger partial charge in [-0.25, -0.2) is 0 Å². The summed E-state index contributed by atoms with van der Waals surface area (Å²) < 4.78 is 0. The van der Waals surface area contributed by atoms with E-state index in [2.05, 4.69) is 0 Å². The molecule has 0 heterocycles. The first-order valence-corrected chi connectivity index (χ1v) is 5.42. The first-order valence-electron chi connectivity index (χ1n) is 4.67. The van der Waals surface area contributed by atoms with Gasteiger partial charge in [-0.05, 0) is 34.8 Å². The molecule has 2 nitrogen and oxygen atoms in total. The third kappa shape index (κ3) is 9.44. The number of benzene rings is 1. The normalized spacial score (nSPS) is 9.44. The number of carbonyl (C=O) groups excluding carboxylic acids is 2. The summed E-state index contributed by atoms with van der Waals surface area (Å²) in [5, 5.41) is -0.723. The van der Waals surface area contributed by atoms with Crippen LogP contribution >= 0.6 is 23.2 Å². The summed E-state index contributed by atoms with van der Waals surface area (Å²) in [6.07, 6.45) is 3.44. The fourth-order valence-electron chi connectivity index (χ4n) is 0.726. The van der Waals surface area contributed by atoms with Gasteiger partial charge in [0.2, 0.25) is 10.5 Å². The Labute approximate surface area is 105 Å². The van der Waals surface area contributed by atoms with E-state index in [9.17, 15) is 9.59 Å². The highest BCUT2D eigenvalue weighted by atomic mass is 35.5. The highest BCUT2D eigenvalue weighted by molar-refractivity contribution is 6.66. The van der Waals surface area contributed by atoms with E-state index >= 15 is 0 Å². The number of allylic oxidation sites excluding steroid dienone is 1. The van der Waals surface area contributed by atoms with Crippen LogP contribution in [0.5, 0.6) is 0 Å². The first-order chi connectivity index (χ1) is 7.56. The van der Waals surface area contributed by atoms with Crippen molar-refractivity contribution in [3.8, 4) is 0 Å². The average Bonchev–Trinajstić information content (AvgIpc) is 2.28. The minimum atomic E-state index is -0.450. The molecule has 16 heavy (non-hydrogen) atoms. The Balaban J connectivity index is 0.000000385. The molecule has 0 fully saturated rings. The Kier molecular flexibility index (Phi) is 8.49. The van der Waals surface area contributed by atoms with Crippen molar-refractivity contribution < 1.29 is 9.59 Å². The van der Waals surface area contributed by atoms with Crippen LogP contribution in [0, 0.1) is 0 Å². The van der Waals surface area contributed by atoms with Crippen molar-refractivity contribution in [3.63, 3.8) is 0 Å². The molecule has 0 saturated carbocycles. The van der Waals surface area contributed by atoms with Crippen molar-refractivity contribution >= 4 is 39.8 Å². The van der Waals surface area contributed by atoms with Crippen molar-refractivity contribution in [2.75, 3.05) is 0 Å². The largest absolute Gasteiger partial charge is 0.281 e. The second-order valence-electron chi connectivity index (χ2n) is 2.76. The molecule has 4 heteroatoms. The van der Waals surface area contributed by atoms with Gasteiger partial charge in [0.1, 0.15) is 0 Å². The molecule has 0 N–H and O–H groups in total. The van der Waals surface area contributed by atoms with Crippen molar-refractivity contribution in [1.82, 2.24) is 0 Å². The molecule has 1 aromatic rings. The Hall–Kier alpha value is -1.12. The van der Waals surface area contributed by atoms with Crippen molar-refractivity contribution in [2.24, 2.45) is 0 Å². The second-order valence-corrected chi connectivity index (χ2v) is 3.55. The van der Waals surface area contributed by atoms with E-state index in [0.717, 1.165) is 5.56 Å². The van der Waals surface area contributed by atoms with Crippen LogP contribution < -0.4 is 0 Å². The Morgan fingerprint density at radius 3 is 2.06 bits per heavy atom. The van der Waals surface area contributed by atoms with Crippen LogP contribution in [0.25, 0.3) is 6.08 Å². The molecule has 0 aliphatic carbocycles. The summed E-state index contributed by atoms with van der Waals surface area (Å²) in [5.74, 6) is 0. The van der Waals surface area contributed by atoms with Gasteiger partial charge in [0.25, 0.3) is 0 Å². The molecule has 1 aromatic carbocycles. The molecule has 0 spiro atoms. The maximum absolute atomic E-state index is 10.3. The molecular weight excluding hydrogens is 247 g/mol. The highest BCUT2D eigenvalue weighted by Gasteiger charge is 1.85. The maximum atomic E-state index is 10.3. The van der Waals surface area contributed by atoms with Crippen molar-refractivity contribution in [2.45, 2.75) is 13.3 Å². The van der Waals surface area contributed by atoms with Gasteiger partial charge in [0.05, 0.1) is 0 Å². The van der Waals surface area contributed by atoms with Gasteiger partial charge in [-0.2, -0.15) is 0 Å². The van der Waals surface area contributed by atoms with Crippen LogP contribution in [0.15, 0.2) is 36.4 Å². The molecule has 0 saturated heterocycles. The quantitative estimate of drug-likeness (QED) is 0.613. The predicted molar refractivity (Wildman–Crippen MR) is 67.5 cm³/mol. The average molecular weight is 259 g/mol. The fourth-order valence-corrected chi connectivity index (χ4v) is 0.789. The van der Waals surface area contributed by atoms with Crippen LogP contribution in [-0.2, 0) is 9.59 Å². The molecule has 0 aliphatic rings. The van der Waals surface area contributed by atoms with E-state index in [1.165, 1.54) is 6.08 Å². The Bertz CT molecular complexity index is 359. The lowest BCUT2D eigenvalue weighted by molar-refractivity contribution is -0.111. The van der Waals surface area contributed by atoms with E-state index in [1.807, 2.05) is 30.3 Å². The zero-order valence-corrected chi connectivity index (χ0v) is 10.3. The minimum absolute atomic E-state index is 0.273. The van der Waals surface area contributed by atoms with E-state index in [4.69, 9.17) is 23.2 Å². The zero-order valence-electron chi connectivity index (χ0n) is 8.82. The fraction of sp³-hybridized carbons (Fsp3) is 0.167. The second kappa shape index (κ2) is 9.13. The molecule has 1 rings (SSSR count). The standard InChI is InChI=1S/C9H7ClO.C3H5ClO/c10-9(11)7-6-8-4-2-1-3-5-8;1-2-3(4)5/h1-7H;2H2,1H3/b7-6+;. The molecule has 0 amide bonds. The third-order valence-electron chi connectivity index (χ3n) is 1.48. The van der Waals surface area contributed by atoms with Crippen LogP contribution in [0.3, 0.4) is 0 Å². The van der Waals surface area contributed by atoms with E-state index in [-0.39, 0.29) is 5.24 Å². The van der Waals surface area contributed by atoms with Gasteiger partial charge in [-0.15, -0.1) is 0 Å². The maximum Gasteiger partial charge on any atom is 0.245 e. The molecule has 0 aromatic heterocycles. The molecule has 0 aliphatic heterocycles. The van der Waals surface area contributed by atoms with Gasteiger partial charge in [-0.3, -0.25) is 9.59 Å². The lowest BCUT2D eigenvalue weighted by atomic mass is 10.2. The van der Waals surface area contributed by atoms with Gasteiger partial charge in [0.15, 0.2) is 0 Å². The molecule has 0 unspecified atom stereocenters. The number of carbonyl (C=O) groups is 2. The molecule has 86 valence electrons. The van der Waals surface area contributed by atoms with E-state index in [1.54, 1.807) is 13.0 Å². The predicted octanol–water partition coefficient (Wildman–Crippen LogP) is 3.63. The summed E-state index contributed by atoms with van der Waals surface area (Å²) in [6, 6.07) is 9.52. The molecule has 0 radical (unpaired) electrons. The SMILES string of the molecule is CCC(=O)Cl.O=C(Cl)/C=C/c1ccccc1. The summed E-state index contributed by atoms with van der Waals surface area (Å²) in [7, 11) is 0. The number of hydrogen-bond donors (Lipinski definition) is 0. The van der Waals surface area contributed by atoms with Crippen molar-refractivity contribution in [3.05, 3.63) is 42.0 Å². The smallest absolute Gasteiger partial charge is 0.245 e. The molecule has 0 bridgehead atoms. The number of rotatable bonds is 3. The van der Waals surface area contributed by atoms with Crippen molar-refractivity contribution in [1.29, 1.82) is 0 Å². The van der Waals surface area contributed by atoms with Crippen LogP contribution in [0.2, 0.25) is 0 Å². The number of hydrogen-bond acceptors (Lipinski definition) is 2.